The van der Waals surface area contributed by atoms with Crippen molar-refractivity contribution < 1.29 is 14.1 Å². The summed E-state index contributed by atoms with van der Waals surface area (Å²) in [7, 11) is 1.63. The van der Waals surface area contributed by atoms with Crippen molar-refractivity contribution in [2.24, 2.45) is 5.92 Å². The fourth-order valence-corrected chi connectivity index (χ4v) is 2.88. The van der Waals surface area contributed by atoms with Gasteiger partial charge in [-0.15, -0.1) is 0 Å². The van der Waals surface area contributed by atoms with Crippen molar-refractivity contribution in [1.82, 2.24) is 19.9 Å². The number of benzene rings is 1. The van der Waals surface area contributed by atoms with Crippen LogP contribution in [0.1, 0.15) is 19.7 Å². The van der Waals surface area contributed by atoms with Crippen molar-refractivity contribution in [3.63, 3.8) is 0 Å². The Hall–Kier alpha value is -2.41. The number of amides is 1. The normalized spacial score (nSPS) is 15.6. The Bertz CT molecular complexity index is 721. The quantitative estimate of drug-likeness (QED) is 0.827. The van der Waals surface area contributed by atoms with E-state index >= 15 is 0 Å². The van der Waals surface area contributed by atoms with Gasteiger partial charge in [-0.2, -0.15) is 4.98 Å². The Morgan fingerprint density at radius 3 is 2.72 bits per heavy atom. The van der Waals surface area contributed by atoms with Crippen LogP contribution in [-0.4, -0.2) is 59.1 Å². The average molecular weight is 344 g/mol. The second-order valence-electron chi connectivity index (χ2n) is 6.50. The van der Waals surface area contributed by atoms with Gasteiger partial charge in [0.2, 0.25) is 17.6 Å². The maximum atomic E-state index is 12.0. The third-order valence-corrected chi connectivity index (χ3v) is 4.33. The third kappa shape index (κ3) is 4.17. The van der Waals surface area contributed by atoms with E-state index in [1.807, 2.05) is 43.0 Å². The molecule has 1 aromatic carbocycles. The molecule has 1 saturated heterocycles. The third-order valence-electron chi connectivity index (χ3n) is 4.33. The summed E-state index contributed by atoms with van der Waals surface area (Å²) in [5, 5.41) is 4.06. The minimum Gasteiger partial charge on any atom is -0.497 e. The van der Waals surface area contributed by atoms with E-state index in [2.05, 4.69) is 15.0 Å². The molecular weight excluding hydrogens is 320 g/mol. The first-order chi connectivity index (χ1) is 12.1. The van der Waals surface area contributed by atoms with Crippen LogP contribution in [0.5, 0.6) is 5.75 Å². The highest BCUT2D eigenvalue weighted by Crippen LogP contribution is 2.21. The molecule has 1 aliphatic rings. The first kappa shape index (κ1) is 17.4. The average Bonchev–Trinajstić information content (AvgIpc) is 3.10. The topological polar surface area (TPSA) is 71.7 Å². The van der Waals surface area contributed by atoms with Gasteiger partial charge < -0.3 is 14.2 Å². The maximum absolute atomic E-state index is 12.0. The Kier molecular flexibility index (Phi) is 5.33. The predicted octanol–water partition coefficient (Wildman–Crippen LogP) is 2.05. The van der Waals surface area contributed by atoms with Crippen LogP contribution >= 0.6 is 0 Å². The molecule has 7 nitrogen and oxygen atoms in total. The van der Waals surface area contributed by atoms with Gasteiger partial charge in [0.05, 0.1) is 13.7 Å². The molecule has 0 atom stereocenters. The number of aromatic nitrogens is 2. The van der Waals surface area contributed by atoms with Gasteiger partial charge in [0, 0.05) is 37.7 Å². The molecule has 0 radical (unpaired) electrons. The molecule has 0 spiro atoms. The Balaban J connectivity index is 1.58. The van der Waals surface area contributed by atoms with E-state index in [0.717, 1.165) is 37.5 Å². The van der Waals surface area contributed by atoms with E-state index in [0.29, 0.717) is 18.3 Å². The summed E-state index contributed by atoms with van der Waals surface area (Å²) in [4.78, 5) is 20.7. The zero-order valence-corrected chi connectivity index (χ0v) is 14.9. The number of carbonyl (C=O) groups excluding carboxylic acids is 1. The predicted molar refractivity (Wildman–Crippen MR) is 93.0 cm³/mol. The van der Waals surface area contributed by atoms with Gasteiger partial charge in [-0.3, -0.25) is 9.69 Å². The molecular formula is C18H24N4O3. The number of piperazine rings is 1. The number of rotatable bonds is 5. The number of ether oxygens (including phenoxy) is 1. The number of carbonyl (C=O) groups is 1. The molecule has 7 heteroatoms. The molecule has 134 valence electrons. The summed E-state index contributed by atoms with van der Waals surface area (Å²) in [6.07, 6.45) is 0. The van der Waals surface area contributed by atoms with Crippen molar-refractivity contribution in [2.45, 2.75) is 20.4 Å². The monoisotopic (exact) mass is 344 g/mol. The molecule has 0 unspecified atom stereocenters. The highest BCUT2D eigenvalue weighted by Gasteiger charge is 2.24. The van der Waals surface area contributed by atoms with Crippen LogP contribution in [-0.2, 0) is 11.3 Å². The van der Waals surface area contributed by atoms with E-state index in [1.165, 1.54) is 0 Å². The zero-order valence-electron chi connectivity index (χ0n) is 14.9. The van der Waals surface area contributed by atoms with Crippen molar-refractivity contribution in [2.75, 3.05) is 33.3 Å². The molecule has 25 heavy (non-hydrogen) atoms. The summed E-state index contributed by atoms with van der Waals surface area (Å²) in [5.74, 6) is 2.17. The summed E-state index contributed by atoms with van der Waals surface area (Å²) in [5.41, 5.74) is 0.863. The second-order valence-corrected chi connectivity index (χ2v) is 6.50. The molecule has 0 bridgehead atoms. The summed E-state index contributed by atoms with van der Waals surface area (Å²) in [6, 6.07) is 7.58. The summed E-state index contributed by atoms with van der Waals surface area (Å²) in [6.45, 7) is 7.59. The van der Waals surface area contributed by atoms with Crippen LogP contribution in [0.3, 0.4) is 0 Å². The van der Waals surface area contributed by atoms with E-state index in [1.54, 1.807) is 7.11 Å². The van der Waals surface area contributed by atoms with Gasteiger partial charge in [-0.1, -0.05) is 31.1 Å². The molecule has 2 aromatic rings. The lowest BCUT2D eigenvalue weighted by atomic mass is 10.1. The van der Waals surface area contributed by atoms with Gasteiger partial charge >= 0.3 is 0 Å². The number of methoxy groups -OCH3 is 1. The van der Waals surface area contributed by atoms with Crippen LogP contribution in [0.2, 0.25) is 0 Å². The highest BCUT2D eigenvalue weighted by molar-refractivity contribution is 5.78. The minimum absolute atomic E-state index is 0.0490. The van der Waals surface area contributed by atoms with E-state index in [4.69, 9.17) is 9.26 Å². The van der Waals surface area contributed by atoms with Crippen LogP contribution in [0.4, 0.5) is 0 Å². The fraction of sp³-hybridized carbons (Fsp3) is 0.500. The Morgan fingerprint density at radius 1 is 1.28 bits per heavy atom. The highest BCUT2D eigenvalue weighted by atomic mass is 16.5. The lowest BCUT2D eigenvalue weighted by Gasteiger charge is -2.34. The molecule has 2 heterocycles. The van der Waals surface area contributed by atoms with E-state index in [9.17, 15) is 4.79 Å². The largest absolute Gasteiger partial charge is 0.497 e. The van der Waals surface area contributed by atoms with Gasteiger partial charge in [-0.25, -0.2) is 0 Å². The van der Waals surface area contributed by atoms with Crippen molar-refractivity contribution in [1.29, 1.82) is 0 Å². The van der Waals surface area contributed by atoms with Crippen molar-refractivity contribution >= 4 is 5.91 Å². The molecule has 1 aliphatic heterocycles. The molecule has 3 rings (SSSR count). The van der Waals surface area contributed by atoms with E-state index in [-0.39, 0.29) is 11.8 Å². The van der Waals surface area contributed by atoms with Crippen LogP contribution in [0, 0.1) is 5.92 Å². The zero-order chi connectivity index (χ0) is 17.8. The first-order valence-electron chi connectivity index (χ1n) is 8.55. The molecule has 1 fully saturated rings. The van der Waals surface area contributed by atoms with E-state index < -0.39 is 0 Å². The minimum atomic E-state index is 0.0490. The van der Waals surface area contributed by atoms with Crippen LogP contribution < -0.4 is 4.74 Å². The second kappa shape index (κ2) is 7.65. The van der Waals surface area contributed by atoms with Crippen molar-refractivity contribution in [3.8, 4) is 17.1 Å². The number of hydrogen-bond donors (Lipinski definition) is 0. The number of hydrogen-bond acceptors (Lipinski definition) is 6. The Morgan fingerprint density at radius 2 is 2.04 bits per heavy atom. The molecule has 0 saturated carbocycles. The molecule has 0 aliphatic carbocycles. The molecule has 1 amide bonds. The van der Waals surface area contributed by atoms with Gasteiger partial charge in [0.25, 0.3) is 0 Å². The smallest absolute Gasteiger partial charge is 0.241 e. The summed E-state index contributed by atoms with van der Waals surface area (Å²) >= 11 is 0. The number of nitrogens with zero attached hydrogens (tertiary/aromatic N) is 4. The van der Waals surface area contributed by atoms with Gasteiger partial charge in [-0.05, 0) is 12.1 Å². The lowest BCUT2D eigenvalue weighted by molar-refractivity contribution is -0.136. The molecule has 1 aromatic heterocycles. The summed E-state index contributed by atoms with van der Waals surface area (Å²) < 4.78 is 10.6. The maximum Gasteiger partial charge on any atom is 0.241 e. The first-order valence-corrected chi connectivity index (χ1v) is 8.55. The fourth-order valence-electron chi connectivity index (χ4n) is 2.88. The SMILES string of the molecule is COc1cccc(-c2noc(CN3CCN(C(=O)C(C)C)CC3)n2)c1. The van der Waals surface area contributed by atoms with Gasteiger partial charge in [0.15, 0.2) is 0 Å². The van der Waals surface area contributed by atoms with Gasteiger partial charge in [0.1, 0.15) is 5.75 Å². The van der Waals surface area contributed by atoms with Crippen molar-refractivity contribution in [3.05, 3.63) is 30.2 Å². The van der Waals surface area contributed by atoms with Crippen LogP contribution in [0.25, 0.3) is 11.4 Å². The Labute approximate surface area is 147 Å². The van der Waals surface area contributed by atoms with Crippen LogP contribution in [0.15, 0.2) is 28.8 Å². The standard InChI is InChI=1S/C18H24N4O3/c1-13(2)18(23)22-9-7-21(8-10-22)12-16-19-17(20-25-16)14-5-4-6-15(11-14)24-3/h4-6,11,13H,7-10,12H2,1-3H3. The molecule has 0 N–H and O–H groups in total. The lowest BCUT2D eigenvalue weighted by Crippen LogP contribution is -2.49.